The minimum atomic E-state index is -0.670. The Morgan fingerprint density at radius 1 is 1.20 bits per heavy atom. The lowest BCUT2D eigenvalue weighted by Gasteiger charge is -2.02. The van der Waals surface area contributed by atoms with E-state index >= 15 is 0 Å². The number of fused-ring (bicyclic) bond motifs is 1. The van der Waals surface area contributed by atoms with Crippen LogP contribution in [0.3, 0.4) is 0 Å². The second kappa shape index (κ2) is 8.44. The minimum absolute atomic E-state index is 0.233. The van der Waals surface area contributed by atoms with Crippen molar-refractivity contribution in [2.24, 2.45) is 5.10 Å². The topological polar surface area (TPSA) is 98.7 Å². The van der Waals surface area contributed by atoms with Gasteiger partial charge in [0.2, 0.25) is 0 Å². The highest BCUT2D eigenvalue weighted by atomic mass is 16.5. The van der Waals surface area contributed by atoms with E-state index in [0.717, 1.165) is 11.1 Å². The molecule has 0 saturated heterocycles. The van der Waals surface area contributed by atoms with Gasteiger partial charge in [-0.25, -0.2) is 19.7 Å². The Morgan fingerprint density at radius 3 is 2.77 bits per heavy atom. The van der Waals surface area contributed by atoms with E-state index in [-0.39, 0.29) is 6.61 Å². The monoisotopic (exact) mass is 402 g/mol. The Balaban J connectivity index is 1.80. The molecule has 4 aromatic rings. The molecule has 0 radical (unpaired) electrons. The summed E-state index contributed by atoms with van der Waals surface area (Å²) in [7, 11) is 0. The lowest BCUT2D eigenvalue weighted by molar-refractivity contribution is 0.152. The van der Waals surface area contributed by atoms with Crippen LogP contribution in [0, 0.1) is 0 Å². The number of benzene rings is 2. The maximum absolute atomic E-state index is 12.6. The number of nitrogens with one attached hydrogen (secondary N) is 1. The number of carbonyl (C=O) groups is 1. The van der Waals surface area contributed by atoms with Crippen molar-refractivity contribution in [3.8, 4) is 16.9 Å². The fourth-order valence-corrected chi connectivity index (χ4v) is 2.95. The van der Waals surface area contributed by atoms with Crippen LogP contribution in [0.25, 0.3) is 27.9 Å². The Labute approximate surface area is 171 Å². The van der Waals surface area contributed by atoms with Gasteiger partial charge in [-0.15, -0.1) is 0 Å². The number of para-hydroxylation sites is 2. The van der Waals surface area contributed by atoms with Crippen LogP contribution >= 0.6 is 0 Å². The summed E-state index contributed by atoms with van der Waals surface area (Å²) < 4.78 is 11.9. The van der Waals surface area contributed by atoms with Gasteiger partial charge in [0.25, 0.3) is 0 Å². The van der Waals surface area contributed by atoms with E-state index < -0.39 is 11.7 Å². The van der Waals surface area contributed by atoms with Crippen LogP contribution in [-0.2, 0) is 4.74 Å². The van der Waals surface area contributed by atoms with Crippen molar-refractivity contribution in [1.82, 2.24) is 15.2 Å². The first kappa shape index (κ1) is 19.1. The highest BCUT2D eigenvalue weighted by Crippen LogP contribution is 2.23. The lowest BCUT2D eigenvalue weighted by atomic mass is 10.1. The van der Waals surface area contributed by atoms with E-state index in [1.807, 2.05) is 42.5 Å². The fraction of sp³-hybridized carbons (Fsp3) is 0.0909. The number of hydrogen-bond acceptors (Lipinski definition) is 6. The third-order valence-corrected chi connectivity index (χ3v) is 4.29. The molecule has 0 fully saturated rings. The SMILES string of the molecule is CCOC(=O)N/N=C\c1cn(-c2ccccc2)nc1-c1cc2ccccc2oc1=O. The van der Waals surface area contributed by atoms with Crippen molar-refractivity contribution >= 4 is 23.3 Å². The second-order valence-electron chi connectivity index (χ2n) is 6.29. The Hall–Kier alpha value is -4.20. The molecular weight excluding hydrogens is 384 g/mol. The van der Waals surface area contributed by atoms with E-state index in [1.165, 1.54) is 6.21 Å². The molecule has 30 heavy (non-hydrogen) atoms. The van der Waals surface area contributed by atoms with Gasteiger partial charge in [0, 0.05) is 17.1 Å². The zero-order valence-electron chi connectivity index (χ0n) is 16.1. The van der Waals surface area contributed by atoms with Gasteiger partial charge >= 0.3 is 11.7 Å². The summed E-state index contributed by atoms with van der Waals surface area (Å²) >= 11 is 0. The molecule has 0 aliphatic heterocycles. The van der Waals surface area contributed by atoms with Crippen molar-refractivity contribution in [1.29, 1.82) is 0 Å². The average Bonchev–Trinajstić information content (AvgIpc) is 3.18. The van der Waals surface area contributed by atoms with Gasteiger partial charge in [-0.1, -0.05) is 36.4 Å². The van der Waals surface area contributed by atoms with Gasteiger partial charge in [0.05, 0.1) is 24.1 Å². The standard InChI is InChI=1S/C22H18N4O4/c1-2-29-22(28)24-23-13-16-14-26(17-9-4-3-5-10-17)25-20(16)18-12-15-8-6-7-11-19(15)30-21(18)27/h3-14H,2H2,1H3,(H,24,28)/b23-13-. The summed E-state index contributed by atoms with van der Waals surface area (Å²) in [5.41, 5.74) is 4.26. The summed E-state index contributed by atoms with van der Waals surface area (Å²) in [4.78, 5) is 24.1. The van der Waals surface area contributed by atoms with Gasteiger partial charge < -0.3 is 9.15 Å². The molecule has 1 N–H and O–H groups in total. The second-order valence-corrected chi connectivity index (χ2v) is 6.29. The molecule has 0 bridgehead atoms. The van der Waals surface area contributed by atoms with Crippen molar-refractivity contribution in [2.45, 2.75) is 6.92 Å². The number of amides is 1. The van der Waals surface area contributed by atoms with Gasteiger partial charge in [-0.3, -0.25) is 0 Å². The number of rotatable bonds is 5. The summed E-state index contributed by atoms with van der Waals surface area (Å²) in [6.07, 6.45) is 2.46. The van der Waals surface area contributed by atoms with Crippen LogP contribution in [0.5, 0.6) is 0 Å². The first-order valence-electron chi connectivity index (χ1n) is 9.30. The quantitative estimate of drug-likeness (QED) is 0.312. The smallest absolute Gasteiger partial charge is 0.427 e. The molecule has 2 aromatic heterocycles. The Morgan fingerprint density at radius 2 is 1.97 bits per heavy atom. The molecule has 0 aliphatic carbocycles. The van der Waals surface area contributed by atoms with Gasteiger partial charge in [-0.05, 0) is 31.2 Å². The molecule has 1 amide bonds. The van der Waals surface area contributed by atoms with E-state index in [9.17, 15) is 9.59 Å². The van der Waals surface area contributed by atoms with E-state index in [4.69, 9.17) is 9.15 Å². The maximum Gasteiger partial charge on any atom is 0.427 e. The average molecular weight is 402 g/mol. The maximum atomic E-state index is 12.6. The minimum Gasteiger partial charge on any atom is -0.449 e. The van der Waals surface area contributed by atoms with Crippen molar-refractivity contribution < 1.29 is 13.9 Å². The third-order valence-electron chi connectivity index (χ3n) is 4.29. The molecule has 0 saturated carbocycles. The number of hydrogen-bond donors (Lipinski definition) is 1. The largest absolute Gasteiger partial charge is 0.449 e. The van der Waals surface area contributed by atoms with Crippen molar-refractivity contribution in [3.05, 3.63) is 82.8 Å². The predicted molar refractivity (Wildman–Crippen MR) is 113 cm³/mol. The van der Waals surface area contributed by atoms with Crippen LogP contribution in [0.4, 0.5) is 4.79 Å². The molecule has 0 spiro atoms. The number of nitrogens with zero attached hydrogens (tertiary/aromatic N) is 3. The van der Waals surface area contributed by atoms with Crippen molar-refractivity contribution in [3.63, 3.8) is 0 Å². The molecule has 150 valence electrons. The summed E-state index contributed by atoms with van der Waals surface area (Å²) in [5.74, 6) is 0. The zero-order chi connectivity index (χ0) is 20.9. The Kier molecular flexibility index (Phi) is 5.38. The molecule has 2 heterocycles. The molecule has 2 aromatic carbocycles. The first-order chi connectivity index (χ1) is 14.7. The third kappa shape index (κ3) is 3.97. The number of aromatic nitrogens is 2. The van der Waals surface area contributed by atoms with E-state index in [1.54, 1.807) is 36.0 Å². The van der Waals surface area contributed by atoms with Gasteiger partial charge in [-0.2, -0.15) is 10.2 Å². The van der Waals surface area contributed by atoms with E-state index in [2.05, 4.69) is 15.6 Å². The highest BCUT2D eigenvalue weighted by Gasteiger charge is 2.16. The molecule has 0 unspecified atom stereocenters. The van der Waals surface area contributed by atoms with Crippen LogP contribution < -0.4 is 11.1 Å². The van der Waals surface area contributed by atoms with Crippen LogP contribution in [0.1, 0.15) is 12.5 Å². The summed E-state index contributed by atoms with van der Waals surface area (Å²) in [5, 5.41) is 9.26. The van der Waals surface area contributed by atoms with Crippen LogP contribution in [-0.4, -0.2) is 28.7 Å². The van der Waals surface area contributed by atoms with Crippen molar-refractivity contribution in [2.75, 3.05) is 6.61 Å². The normalized spacial score (nSPS) is 11.1. The first-order valence-corrected chi connectivity index (χ1v) is 9.30. The summed E-state index contributed by atoms with van der Waals surface area (Å²) in [6, 6.07) is 18.4. The molecule has 0 aliphatic rings. The van der Waals surface area contributed by atoms with Gasteiger partial charge in [0.15, 0.2) is 0 Å². The van der Waals surface area contributed by atoms with Crippen LogP contribution in [0.2, 0.25) is 0 Å². The molecule has 8 heteroatoms. The predicted octanol–water partition coefficient (Wildman–Crippen LogP) is 3.73. The van der Waals surface area contributed by atoms with Crippen LogP contribution in [0.15, 0.2) is 81.2 Å². The molecule has 8 nitrogen and oxygen atoms in total. The lowest BCUT2D eigenvalue weighted by Crippen LogP contribution is -2.18. The Bertz CT molecular complexity index is 1280. The zero-order valence-corrected chi connectivity index (χ0v) is 16.1. The number of carbonyl (C=O) groups excluding carboxylic acids is 1. The van der Waals surface area contributed by atoms with Gasteiger partial charge in [0.1, 0.15) is 11.3 Å². The highest BCUT2D eigenvalue weighted by molar-refractivity contribution is 5.91. The molecule has 4 rings (SSSR count). The molecule has 0 atom stereocenters. The summed E-state index contributed by atoms with van der Waals surface area (Å²) in [6.45, 7) is 1.93. The molecular formula is C22H18N4O4. The number of ether oxygens (including phenoxy) is 1. The number of hydrazone groups is 1. The fourth-order valence-electron chi connectivity index (χ4n) is 2.95. The van der Waals surface area contributed by atoms with E-state index in [0.29, 0.717) is 22.4 Å².